The minimum absolute atomic E-state index is 0.00269. The van der Waals surface area contributed by atoms with Crippen molar-refractivity contribution in [2.45, 2.75) is 65.1 Å². The van der Waals surface area contributed by atoms with Gasteiger partial charge in [-0.25, -0.2) is 0 Å². The summed E-state index contributed by atoms with van der Waals surface area (Å²) in [5, 5.41) is 0. The zero-order valence-electron chi connectivity index (χ0n) is 14.4. The topological polar surface area (TPSA) is 18.5 Å². The summed E-state index contributed by atoms with van der Waals surface area (Å²) >= 11 is 0. The molecule has 3 rings (SSSR count). The van der Waals surface area contributed by atoms with Crippen LogP contribution in [-0.4, -0.2) is 20.3 Å². The lowest BCUT2D eigenvalue weighted by molar-refractivity contribution is 0.0748. The van der Waals surface area contributed by atoms with Crippen LogP contribution in [0.5, 0.6) is 0 Å². The average Bonchev–Trinajstić information content (AvgIpc) is 2.56. The van der Waals surface area contributed by atoms with E-state index in [0.717, 1.165) is 25.0 Å². The summed E-state index contributed by atoms with van der Waals surface area (Å²) in [5.74, 6) is 2.39. The van der Waals surface area contributed by atoms with E-state index >= 15 is 0 Å². The van der Waals surface area contributed by atoms with Crippen LogP contribution in [0, 0.1) is 17.8 Å². The summed E-state index contributed by atoms with van der Waals surface area (Å²) in [6.45, 7) is 6.14. The fourth-order valence-electron chi connectivity index (χ4n) is 3.98. The monoisotopic (exact) mass is 302 g/mol. The van der Waals surface area contributed by atoms with E-state index in [2.05, 4.69) is 19.1 Å². The highest BCUT2D eigenvalue weighted by molar-refractivity contribution is 6.42. The van der Waals surface area contributed by atoms with Crippen LogP contribution in [-0.2, 0) is 9.31 Å². The Morgan fingerprint density at radius 1 is 0.955 bits per heavy atom. The molecule has 0 aromatic heterocycles. The molecule has 3 heteroatoms. The maximum Gasteiger partial charge on any atom is 0.453 e. The molecule has 0 radical (unpaired) electrons. The molecule has 22 heavy (non-hydrogen) atoms. The second-order valence-corrected chi connectivity index (χ2v) is 7.66. The number of hydrogen-bond acceptors (Lipinski definition) is 2. The highest BCUT2D eigenvalue weighted by atomic mass is 16.6. The lowest BCUT2D eigenvalue weighted by atomic mass is 9.79. The van der Waals surface area contributed by atoms with Crippen molar-refractivity contribution in [2.24, 2.45) is 17.8 Å². The fourth-order valence-corrected chi connectivity index (χ4v) is 3.98. The van der Waals surface area contributed by atoms with Crippen molar-refractivity contribution in [1.82, 2.24) is 0 Å². The van der Waals surface area contributed by atoms with Gasteiger partial charge < -0.3 is 9.31 Å². The van der Waals surface area contributed by atoms with Gasteiger partial charge in [0.25, 0.3) is 0 Å². The van der Waals surface area contributed by atoms with E-state index < -0.39 is 0 Å². The standard InChI is InChI=1S/C19H31BO2/c1-15-3-9-18(10-4-15)19-11-7-16(8-12-19)5-6-17-13-21-20(2)22-14-17/h9,11,15-17H,3-8,10,12-14H2,1-2H3. The maximum atomic E-state index is 5.59. The van der Waals surface area contributed by atoms with Gasteiger partial charge in [-0.05, 0) is 81.2 Å². The first kappa shape index (κ1) is 16.3. The van der Waals surface area contributed by atoms with Crippen LogP contribution >= 0.6 is 0 Å². The molecule has 0 aromatic rings. The van der Waals surface area contributed by atoms with Crippen LogP contribution in [0.1, 0.15) is 58.3 Å². The highest BCUT2D eigenvalue weighted by Gasteiger charge is 2.24. The van der Waals surface area contributed by atoms with Crippen LogP contribution in [0.2, 0.25) is 6.82 Å². The molecule has 0 spiro atoms. The minimum Gasteiger partial charge on any atom is -0.411 e. The van der Waals surface area contributed by atoms with E-state index in [-0.39, 0.29) is 7.12 Å². The Morgan fingerprint density at radius 3 is 2.18 bits per heavy atom. The SMILES string of the molecule is CB1OCC(CCC2CC=C(C3=CCC(C)CC3)CC2)CO1. The molecule has 2 atom stereocenters. The van der Waals surface area contributed by atoms with Gasteiger partial charge >= 0.3 is 7.12 Å². The third-order valence-corrected chi connectivity index (χ3v) is 5.72. The second kappa shape index (κ2) is 7.83. The van der Waals surface area contributed by atoms with Crippen molar-refractivity contribution >= 4 is 7.12 Å². The van der Waals surface area contributed by atoms with Gasteiger partial charge in [-0.1, -0.05) is 19.1 Å². The minimum atomic E-state index is 0.00269. The van der Waals surface area contributed by atoms with Crippen molar-refractivity contribution in [3.63, 3.8) is 0 Å². The van der Waals surface area contributed by atoms with Gasteiger partial charge in [0.2, 0.25) is 0 Å². The largest absolute Gasteiger partial charge is 0.453 e. The van der Waals surface area contributed by atoms with Crippen LogP contribution in [0.4, 0.5) is 0 Å². The third-order valence-electron chi connectivity index (χ3n) is 5.72. The summed E-state index contributed by atoms with van der Waals surface area (Å²) < 4.78 is 11.2. The first-order chi connectivity index (χ1) is 10.7. The van der Waals surface area contributed by atoms with Gasteiger partial charge in [0.1, 0.15) is 0 Å². The van der Waals surface area contributed by atoms with Crippen molar-refractivity contribution in [1.29, 1.82) is 0 Å². The summed E-state index contributed by atoms with van der Waals surface area (Å²) in [5.41, 5.74) is 3.33. The number of hydrogen-bond donors (Lipinski definition) is 0. The number of rotatable bonds is 4. The fraction of sp³-hybridized carbons (Fsp3) is 0.789. The van der Waals surface area contributed by atoms with Gasteiger partial charge in [0, 0.05) is 19.1 Å². The summed E-state index contributed by atoms with van der Waals surface area (Å²) in [6.07, 6.45) is 15.6. The Labute approximate surface area is 136 Å². The number of allylic oxidation sites excluding steroid dienone is 4. The van der Waals surface area contributed by atoms with E-state index in [0.29, 0.717) is 5.92 Å². The molecule has 0 bridgehead atoms. The van der Waals surface area contributed by atoms with Crippen LogP contribution in [0.3, 0.4) is 0 Å². The quantitative estimate of drug-likeness (QED) is 0.679. The predicted molar refractivity (Wildman–Crippen MR) is 92.8 cm³/mol. The van der Waals surface area contributed by atoms with E-state index in [4.69, 9.17) is 9.31 Å². The van der Waals surface area contributed by atoms with Gasteiger partial charge in [-0.15, -0.1) is 0 Å². The second-order valence-electron chi connectivity index (χ2n) is 7.66. The first-order valence-corrected chi connectivity index (χ1v) is 9.32. The van der Waals surface area contributed by atoms with Crippen molar-refractivity contribution in [3.8, 4) is 0 Å². The molecule has 1 saturated heterocycles. The molecule has 0 aromatic carbocycles. The Kier molecular flexibility index (Phi) is 5.81. The highest BCUT2D eigenvalue weighted by Crippen LogP contribution is 2.36. The van der Waals surface area contributed by atoms with Crippen molar-refractivity contribution < 1.29 is 9.31 Å². The Bertz CT molecular complexity index is 421. The molecule has 122 valence electrons. The molecule has 0 saturated carbocycles. The molecule has 1 fully saturated rings. The maximum absolute atomic E-state index is 5.59. The summed E-state index contributed by atoms with van der Waals surface area (Å²) in [7, 11) is 0.00269. The van der Waals surface area contributed by atoms with Gasteiger partial charge in [0.05, 0.1) is 0 Å². The van der Waals surface area contributed by atoms with E-state index in [1.54, 1.807) is 11.1 Å². The molecular weight excluding hydrogens is 271 g/mol. The Balaban J connectivity index is 1.41. The van der Waals surface area contributed by atoms with Crippen molar-refractivity contribution in [3.05, 3.63) is 23.3 Å². The molecule has 1 heterocycles. The summed E-state index contributed by atoms with van der Waals surface area (Å²) in [4.78, 5) is 0. The molecule has 1 aliphatic heterocycles. The third kappa shape index (κ3) is 4.49. The zero-order valence-corrected chi connectivity index (χ0v) is 14.4. The van der Waals surface area contributed by atoms with Gasteiger partial charge in [-0.2, -0.15) is 0 Å². The Morgan fingerprint density at radius 2 is 1.59 bits per heavy atom. The van der Waals surface area contributed by atoms with Crippen molar-refractivity contribution in [2.75, 3.05) is 13.2 Å². The molecule has 2 aliphatic carbocycles. The molecule has 3 aliphatic rings. The molecule has 2 unspecified atom stereocenters. The summed E-state index contributed by atoms with van der Waals surface area (Å²) in [6, 6.07) is 0. The van der Waals surface area contributed by atoms with E-state index in [1.807, 2.05) is 6.82 Å². The van der Waals surface area contributed by atoms with Crippen LogP contribution in [0.15, 0.2) is 23.3 Å². The smallest absolute Gasteiger partial charge is 0.411 e. The van der Waals surface area contributed by atoms with Crippen LogP contribution < -0.4 is 0 Å². The Hall–Kier alpha value is -0.535. The van der Waals surface area contributed by atoms with E-state index in [1.165, 1.54) is 51.4 Å². The lowest BCUT2D eigenvalue weighted by Crippen LogP contribution is -2.33. The van der Waals surface area contributed by atoms with Gasteiger partial charge in [-0.3, -0.25) is 0 Å². The van der Waals surface area contributed by atoms with Crippen LogP contribution in [0.25, 0.3) is 0 Å². The molecule has 2 nitrogen and oxygen atoms in total. The zero-order chi connectivity index (χ0) is 15.4. The van der Waals surface area contributed by atoms with E-state index in [9.17, 15) is 0 Å². The normalized spacial score (nSPS) is 30.9. The van der Waals surface area contributed by atoms with Gasteiger partial charge in [0.15, 0.2) is 0 Å². The molecule has 0 N–H and O–H groups in total. The molecular formula is C19H31BO2. The predicted octanol–water partition coefficient (Wildman–Crippen LogP) is 5.02. The molecule has 0 amide bonds. The first-order valence-electron chi connectivity index (χ1n) is 9.32. The lowest BCUT2D eigenvalue weighted by Gasteiger charge is -2.29. The average molecular weight is 302 g/mol.